The number of alkyl carbamates (subject to hydrolysis) is 1. The van der Waals surface area contributed by atoms with Gasteiger partial charge in [-0.3, -0.25) is 0 Å². The summed E-state index contributed by atoms with van der Waals surface area (Å²) >= 11 is 0. The molecule has 1 aromatic carbocycles. The molecular formula is C13H12F3NO2. The Labute approximate surface area is 108 Å². The summed E-state index contributed by atoms with van der Waals surface area (Å²) in [5.74, 6) is 0.372. The Morgan fingerprint density at radius 2 is 1.79 bits per heavy atom. The zero-order valence-corrected chi connectivity index (χ0v) is 10.3. The van der Waals surface area contributed by atoms with Crippen LogP contribution in [0.3, 0.4) is 0 Å². The molecule has 0 spiro atoms. The lowest BCUT2D eigenvalue weighted by Gasteiger charge is -2.15. The molecule has 0 unspecified atom stereocenters. The van der Waals surface area contributed by atoms with Crippen LogP contribution in [0.2, 0.25) is 0 Å². The number of halogens is 3. The summed E-state index contributed by atoms with van der Waals surface area (Å²) in [7, 11) is 0. The van der Waals surface area contributed by atoms with Gasteiger partial charge in [-0.1, -0.05) is 12.1 Å². The van der Waals surface area contributed by atoms with E-state index in [2.05, 4.69) is 5.32 Å². The van der Waals surface area contributed by atoms with Gasteiger partial charge < -0.3 is 10.1 Å². The first-order valence-corrected chi connectivity index (χ1v) is 5.58. The molecule has 0 radical (unpaired) electrons. The standard InChI is InChI=1S/C13H12F3NO2/c1-12(2)10(19-11(18)17-12)7-8-3-5-9(6-4-8)13(14,15)16/h3-7H,1-2H3,(H,17,18)/b10-7-. The Morgan fingerprint density at radius 1 is 1.21 bits per heavy atom. The fourth-order valence-corrected chi connectivity index (χ4v) is 1.70. The minimum absolute atomic E-state index is 0.372. The highest BCUT2D eigenvalue weighted by Gasteiger charge is 2.36. The molecule has 3 nitrogen and oxygen atoms in total. The van der Waals surface area contributed by atoms with Gasteiger partial charge >= 0.3 is 12.3 Å². The molecule has 1 heterocycles. The number of carbonyl (C=O) groups is 1. The van der Waals surface area contributed by atoms with E-state index in [1.165, 1.54) is 18.2 Å². The topological polar surface area (TPSA) is 38.3 Å². The molecule has 1 N–H and O–H groups in total. The molecular weight excluding hydrogens is 259 g/mol. The maximum Gasteiger partial charge on any atom is 0.416 e. The van der Waals surface area contributed by atoms with Crippen LogP contribution in [0.1, 0.15) is 25.0 Å². The van der Waals surface area contributed by atoms with E-state index in [0.717, 1.165) is 12.1 Å². The first kappa shape index (κ1) is 13.5. The van der Waals surface area contributed by atoms with Crippen LogP contribution < -0.4 is 5.32 Å². The predicted octanol–water partition coefficient (Wildman–Crippen LogP) is 3.56. The zero-order chi connectivity index (χ0) is 14.3. The number of carbonyl (C=O) groups excluding carboxylic acids is 1. The van der Waals surface area contributed by atoms with E-state index in [9.17, 15) is 18.0 Å². The fraction of sp³-hybridized carbons (Fsp3) is 0.308. The number of rotatable bonds is 1. The smallest absolute Gasteiger partial charge is 0.412 e. The van der Waals surface area contributed by atoms with Gasteiger partial charge in [-0.05, 0) is 37.6 Å². The minimum atomic E-state index is -4.35. The molecule has 1 amide bonds. The maximum atomic E-state index is 12.4. The van der Waals surface area contributed by atoms with Crippen molar-refractivity contribution in [3.63, 3.8) is 0 Å². The van der Waals surface area contributed by atoms with Crippen LogP contribution in [0, 0.1) is 0 Å². The van der Waals surface area contributed by atoms with Gasteiger partial charge in [0.15, 0.2) is 0 Å². The monoisotopic (exact) mass is 271 g/mol. The molecule has 1 aliphatic heterocycles. The first-order chi connectivity index (χ1) is 8.68. The highest BCUT2D eigenvalue weighted by Crippen LogP contribution is 2.30. The lowest BCUT2D eigenvalue weighted by molar-refractivity contribution is -0.137. The summed E-state index contributed by atoms with van der Waals surface area (Å²) in [6.45, 7) is 3.49. The quantitative estimate of drug-likeness (QED) is 0.848. The second-order valence-electron chi connectivity index (χ2n) is 4.77. The molecule has 102 valence electrons. The van der Waals surface area contributed by atoms with Gasteiger partial charge in [0.1, 0.15) is 5.76 Å². The molecule has 1 fully saturated rings. The van der Waals surface area contributed by atoms with Gasteiger partial charge in [-0.25, -0.2) is 4.79 Å². The number of nitrogens with one attached hydrogen (secondary N) is 1. The van der Waals surface area contributed by atoms with Crippen LogP contribution in [0.5, 0.6) is 0 Å². The van der Waals surface area contributed by atoms with Gasteiger partial charge in [0.05, 0.1) is 11.1 Å². The number of amides is 1. The highest BCUT2D eigenvalue weighted by atomic mass is 19.4. The summed E-state index contributed by atoms with van der Waals surface area (Å²) in [6, 6.07) is 4.64. The molecule has 0 aromatic heterocycles. The van der Waals surface area contributed by atoms with Crippen molar-refractivity contribution < 1.29 is 22.7 Å². The van der Waals surface area contributed by atoms with Crippen molar-refractivity contribution in [2.24, 2.45) is 0 Å². The minimum Gasteiger partial charge on any atom is -0.412 e. The average Bonchev–Trinajstić information content (AvgIpc) is 2.51. The van der Waals surface area contributed by atoms with Crippen molar-refractivity contribution in [1.29, 1.82) is 0 Å². The Bertz CT molecular complexity index is 530. The second-order valence-corrected chi connectivity index (χ2v) is 4.77. The van der Waals surface area contributed by atoms with Crippen molar-refractivity contribution in [3.05, 3.63) is 41.2 Å². The third kappa shape index (κ3) is 2.89. The largest absolute Gasteiger partial charge is 0.416 e. The molecule has 1 aromatic rings. The first-order valence-electron chi connectivity index (χ1n) is 5.58. The third-order valence-electron chi connectivity index (χ3n) is 2.77. The SMILES string of the molecule is CC1(C)NC(=O)O/C1=C\c1ccc(C(F)(F)F)cc1. The lowest BCUT2D eigenvalue weighted by Crippen LogP contribution is -2.35. The molecule has 1 aliphatic rings. The van der Waals surface area contributed by atoms with Gasteiger partial charge in [-0.15, -0.1) is 0 Å². The highest BCUT2D eigenvalue weighted by molar-refractivity contribution is 5.76. The number of hydrogen-bond acceptors (Lipinski definition) is 2. The van der Waals surface area contributed by atoms with Crippen LogP contribution in [0.15, 0.2) is 30.0 Å². The Hall–Kier alpha value is -1.98. The summed E-state index contributed by atoms with van der Waals surface area (Å²) < 4.78 is 42.2. The number of hydrogen-bond donors (Lipinski definition) is 1. The van der Waals surface area contributed by atoms with E-state index in [1.54, 1.807) is 13.8 Å². The molecule has 1 saturated heterocycles. The van der Waals surface area contributed by atoms with Crippen LogP contribution in [-0.2, 0) is 10.9 Å². The van der Waals surface area contributed by atoms with Gasteiger partial charge in [0.2, 0.25) is 0 Å². The van der Waals surface area contributed by atoms with E-state index in [1.807, 2.05) is 0 Å². The molecule has 6 heteroatoms. The van der Waals surface area contributed by atoms with E-state index in [4.69, 9.17) is 4.74 Å². The predicted molar refractivity (Wildman–Crippen MR) is 63.1 cm³/mol. The zero-order valence-electron chi connectivity index (χ0n) is 10.3. The van der Waals surface area contributed by atoms with Gasteiger partial charge in [-0.2, -0.15) is 13.2 Å². The fourth-order valence-electron chi connectivity index (χ4n) is 1.70. The molecule has 19 heavy (non-hydrogen) atoms. The van der Waals surface area contributed by atoms with Crippen molar-refractivity contribution in [2.75, 3.05) is 0 Å². The van der Waals surface area contributed by atoms with Crippen LogP contribution in [0.4, 0.5) is 18.0 Å². The maximum absolute atomic E-state index is 12.4. The molecule has 0 bridgehead atoms. The number of alkyl halides is 3. The van der Waals surface area contributed by atoms with Gasteiger partial charge in [0.25, 0.3) is 0 Å². The Balaban J connectivity index is 2.27. The lowest BCUT2D eigenvalue weighted by atomic mass is 10.0. The van der Waals surface area contributed by atoms with Crippen molar-refractivity contribution in [1.82, 2.24) is 5.32 Å². The third-order valence-corrected chi connectivity index (χ3v) is 2.77. The summed E-state index contributed by atoms with van der Waals surface area (Å²) in [5, 5.41) is 2.59. The molecule has 0 atom stereocenters. The van der Waals surface area contributed by atoms with Crippen LogP contribution in [0.25, 0.3) is 6.08 Å². The Kier molecular flexibility index (Phi) is 3.04. The Morgan fingerprint density at radius 3 is 2.21 bits per heavy atom. The van der Waals surface area contributed by atoms with Crippen LogP contribution >= 0.6 is 0 Å². The van der Waals surface area contributed by atoms with E-state index in [-0.39, 0.29) is 0 Å². The summed E-state index contributed by atoms with van der Waals surface area (Å²) in [5.41, 5.74) is -0.845. The number of ether oxygens (including phenoxy) is 1. The number of benzene rings is 1. The van der Waals surface area contributed by atoms with Crippen molar-refractivity contribution in [2.45, 2.75) is 25.6 Å². The van der Waals surface area contributed by atoms with E-state index >= 15 is 0 Å². The summed E-state index contributed by atoms with van der Waals surface area (Å²) in [6.07, 6.45) is -3.38. The van der Waals surface area contributed by atoms with Crippen molar-refractivity contribution >= 4 is 12.2 Å². The summed E-state index contributed by atoms with van der Waals surface area (Å²) in [4.78, 5) is 11.1. The second kappa shape index (κ2) is 4.29. The molecule has 0 saturated carbocycles. The number of cyclic esters (lactones) is 1. The molecule has 0 aliphatic carbocycles. The van der Waals surface area contributed by atoms with Crippen molar-refractivity contribution in [3.8, 4) is 0 Å². The van der Waals surface area contributed by atoms with E-state index < -0.39 is 23.4 Å². The normalized spacial score (nSPS) is 20.3. The molecule has 2 rings (SSSR count). The van der Waals surface area contributed by atoms with E-state index in [0.29, 0.717) is 11.3 Å². The van der Waals surface area contributed by atoms with Gasteiger partial charge in [0, 0.05) is 0 Å². The van der Waals surface area contributed by atoms with Crippen LogP contribution in [-0.4, -0.2) is 11.6 Å². The average molecular weight is 271 g/mol.